The number of sulfonamides is 1. The Morgan fingerprint density at radius 1 is 0.812 bits per heavy atom. The molecule has 5 rings (SSSR count). The molecule has 0 bridgehead atoms. The monoisotopic (exact) mass is 443 g/mol. The highest BCUT2D eigenvalue weighted by Gasteiger charge is 2.45. The van der Waals surface area contributed by atoms with Crippen molar-refractivity contribution >= 4 is 15.6 Å². The third-order valence-corrected chi connectivity index (χ3v) is 8.86. The highest BCUT2D eigenvalue weighted by atomic mass is 32.2. The zero-order valence-corrected chi connectivity index (χ0v) is 19.2. The van der Waals surface area contributed by atoms with Crippen molar-refractivity contribution in [3.8, 4) is 0 Å². The first-order valence-electron chi connectivity index (χ1n) is 11.5. The molecule has 3 atom stereocenters. The van der Waals surface area contributed by atoms with E-state index in [1.807, 2.05) is 31.2 Å². The van der Waals surface area contributed by atoms with Crippen molar-refractivity contribution < 1.29 is 8.42 Å². The number of benzene rings is 3. The van der Waals surface area contributed by atoms with E-state index in [9.17, 15) is 8.42 Å². The van der Waals surface area contributed by atoms with Crippen LogP contribution in [0.25, 0.3) is 5.57 Å². The van der Waals surface area contributed by atoms with Gasteiger partial charge in [0.2, 0.25) is 10.0 Å². The lowest BCUT2D eigenvalue weighted by atomic mass is 9.79. The number of aryl methyl sites for hydroxylation is 1. The Labute approximate surface area is 191 Å². The molecule has 0 N–H and O–H groups in total. The lowest BCUT2D eigenvalue weighted by Crippen LogP contribution is -2.42. The summed E-state index contributed by atoms with van der Waals surface area (Å²) in [7, 11) is -3.58. The fourth-order valence-electron chi connectivity index (χ4n) is 5.39. The van der Waals surface area contributed by atoms with Crippen LogP contribution in [0.2, 0.25) is 0 Å². The summed E-state index contributed by atoms with van der Waals surface area (Å²) in [5, 5.41) is 0. The molecule has 2 aliphatic rings. The van der Waals surface area contributed by atoms with Gasteiger partial charge in [-0.05, 0) is 54.5 Å². The Balaban J connectivity index is 1.62. The van der Waals surface area contributed by atoms with Crippen molar-refractivity contribution in [1.29, 1.82) is 0 Å². The van der Waals surface area contributed by atoms with E-state index >= 15 is 0 Å². The topological polar surface area (TPSA) is 37.4 Å². The molecule has 3 aromatic rings. The van der Waals surface area contributed by atoms with Gasteiger partial charge in [-0.2, -0.15) is 4.31 Å². The molecule has 0 radical (unpaired) electrons. The first-order chi connectivity index (χ1) is 15.6. The largest absolute Gasteiger partial charge is 0.243 e. The molecule has 1 fully saturated rings. The van der Waals surface area contributed by atoms with Crippen LogP contribution >= 0.6 is 0 Å². The average Bonchev–Trinajstić information content (AvgIpc) is 3.06. The maximum atomic E-state index is 13.8. The molecule has 164 valence electrons. The predicted octanol–water partition coefficient (Wildman–Crippen LogP) is 6.04. The molecular weight excluding hydrogens is 414 g/mol. The van der Waals surface area contributed by atoms with Crippen LogP contribution in [-0.2, 0) is 10.0 Å². The number of rotatable bonds is 4. The number of nitrogens with zero attached hydrogens (tertiary/aromatic N) is 1. The van der Waals surface area contributed by atoms with Gasteiger partial charge in [-0.1, -0.05) is 90.9 Å². The lowest BCUT2D eigenvalue weighted by molar-refractivity contribution is 0.299. The predicted molar refractivity (Wildman–Crippen MR) is 130 cm³/mol. The van der Waals surface area contributed by atoms with E-state index in [0.717, 1.165) is 24.8 Å². The van der Waals surface area contributed by atoms with Crippen molar-refractivity contribution in [2.75, 3.05) is 6.54 Å². The molecule has 0 aromatic heterocycles. The molecule has 32 heavy (non-hydrogen) atoms. The van der Waals surface area contributed by atoms with Gasteiger partial charge in [-0.3, -0.25) is 0 Å². The second-order valence-corrected chi connectivity index (χ2v) is 10.8. The summed E-state index contributed by atoms with van der Waals surface area (Å²) in [6.07, 6.45) is 5.21. The quantitative estimate of drug-likeness (QED) is 0.493. The summed E-state index contributed by atoms with van der Waals surface area (Å²) in [5.74, 6) is 0.424. The Kier molecular flexibility index (Phi) is 5.75. The molecule has 1 aliphatic heterocycles. The SMILES string of the molecule is Cc1ccc(S(=O)(=O)N2CCCC[C@@H]3[C@@H](c4ccccc4)C(c4ccccc4)=C[C@@H]32)cc1. The van der Waals surface area contributed by atoms with Crippen molar-refractivity contribution in [3.63, 3.8) is 0 Å². The maximum Gasteiger partial charge on any atom is 0.243 e. The van der Waals surface area contributed by atoms with Crippen LogP contribution in [0.4, 0.5) is 0 Å². The first-order valence-corrected chi connectivity index (χ1v) is 12.9. The van der Waals surface area contributed by atoms with Gasteiger partial charge in [0.1, 0.15) is 0 Å². The van der Waals surface area contributed by atoms with Crippen molar-refractivity contribution in [1.82, 2.24) is 4.31 Å². The second kappa shape index (κ2) is 8.68. The summed E-state index contributed by atoms with van der Waals surface area (Å²) >= 11 is 0. The molecule has 0 amide bonds. The van der Waals surface area contributed by atoms with Gasteiger partial charge >= 0.3 is 0 Å². The van der Waals surface area contributed by atoms with Crippen molar-refractivity contribution in [2.45, 2.75) is 43.0 Å². The van der Waals surface area contributed by atoms with Gasteiger partial charge in [0, 0.05) is 18.5 Å². The Morgan fingerprint density at radius 3 is 2.16 bits per heavy atom. The number of hydrogen-bond acceptors (Lipinski definition) is 2. The molecule has 3 nitrogen and oxygen atoms in total. The summed E-state index contributed by atoms with van der Waals surface area (Å²) < 4.78 is 29.3. The molecule has 3 aromatic carbocycles. The Hall–Kier alpha value is -2.69. The highest BCUT2D eigenvalue weighted by molar-refractivity contribution is 7.89. The summed E-state index contributed by atoms with van der Waals surface area (Å²) in [4.78, 5) is 0.390. The van der Waals surface area contributed by atoms with Gasteiger partial charge in [-0.15, -0.1) is 0 Å². The van der Waals surface area contributed by atoms with Crippen LogP contribution in [0.1, 0.15) is 41.9 Å². The number of allylic oxidation sites excluding steroid dienone is 1. The Bertz CT molecular complexity index is 1200. The van der Waals surface area contributed by atoms with Crippen LogP contribution in [0, 0.1) is 12.8 Å². The summed E-state index contributed by atoms with van der Waals surface area (Å²) in [6.45, 7) is 2.55. The number of fused-ring (bicyclic) bond motifs is 1. The first kappa shape index (κ1) is 21.2. The normalized spacial score (nSPS) is 23.9. The van der Waals surface area contributed by atoms with E-state index in [4.69, 9.17) is 0 Å². The van der Waals surface area contributed by atoms with Gasteiger partial charge in [0.15, 0.2) is 0 Å². The second-order valence-electron chi connectivity index (χ2n) is 8.96. The smallest absolute Gasteiger partial charge is 0.207 e. The van der Waals surface area contributed by atoms with Crippen LogP contribution in [0.3, 0.4) is 0 Å². The molecule has 1 heterocycles. The third-order valence-electron chi connectivity index (χ3n) is 6.94. The summed E-state index contributed by atoms with van der Waals surface area (Å²) in [6, 6.07) is 28.2. The van der Waals surface area contributed by atoms with Crippen LogP contribution < -0.4 is 0 Å². The average molecular weight is 444 g/mol. The van der Waals surface area contributed by atoms with E-state index in [-0.39, 0.29) is 17.9 Å². The van der Waals surface area contributed by atoms with Crippen LogP contribution in [0.5, 0.6) is 0 Å². The highest BCUT2D eigenvalue weighted by Crippen LogP contribution is 2.50. The number of hydrogen-bond donors (Lipinski definition) is 0. The van der Waals surface area contributed by atoms with E-state index < -0.39 is 10.0 Å². The van der Waals surface area contributed by atoms with Crippen molar-refractivity contribution in [3.05, 3.63) is 108 Å². The fourth-order valence-corrected chi connectivity index (χ4v) is 7.05. The zero-order chi connectivity index (χ0) is 22.1. The minimum Gasteiger partial charge on any atom is -0.207 e. The molecular formula is C28H29NO2S. The van der Waals surface area contributed by atoms with E-state index in [0.29, 0.717) is 11.4 Å². The minimum atomic E-state index is -3.58. The fraction of sp³-hybridized carbons (Fsp3) is 0.286. The minimum absolute atomic E-state index is 0.135. The molecule has 1 saturated heterocycles. The van der Waals surface area contributed by atoms with Crippen molar-refractivity contribution in [2.24, 2.45) is 5.92 Å². The van der Waals surface area contributed by atoms with E-state index in [1.54, 1.807) is 16.4 Å². The molecule has 0 spiro atoms. The van der Waals surface area contributed by atoms with E-state index in [2.05, 4.69) is 54.6 Å². The molecule has 4 heteroatoms. The zero-order valence-electron chi connectivity index (χ0n) is 18.4. The molecule has 0 unspecified atom stereocenters. The lowest BCUT2D eigenvalue weighted by Gasteiger charge is -2.32. The maximum absolute atomic E-state index is 13.8. The molecule has 0 saturated carbocycles. The Morgan fingerprint density at radius 2 is 1.47 bits per heavy atom. The van der Waals surface area contributed by atoms with E-state index in [1.165, 1.54) is 16.7 Å². The van der Waals surface area contributed by atoms with Gasteiger partial charge in [0.25, 0.3) is 0 Å². The van der Waals surface area contributed by atoms with Gasteiger partial charge in [0.05, 0.1) is 4.90 Å². The standard InChI is InChI=1S/C28H29NO2S/c1-21-15-17-24(18-16-21)32(30,31)29-19-9-8-14-25-27(29)20-26(22-10-4-2-5-11-22)28(25)23-12-6-3-7-13-23/h2-7,10-13,15-18,20,25,27-28H,8-9,14,19H2,1H3/t25-,27-,28+/m0/s1. The molecule has 1 aliphatic carbocycles. The summed E-state index contributed by atoms with van der Waals surface area (Å²) in [5.41, 5.74) is 4.76. The third kappa shape index (κ3) is 3.82. The van der Waals surface area contributed by atoms with Crippen LogP contribution in [-0.4, -0.2) is 25.3 Å². The van der Waals surface area contributed by atoms with Gasteiger partial charge < -0.3 is 0 Å². The van der Waals surface area contributed by atoms with Crippen LogP contribution in [0.15, 0.2) is 95.9 Å². The van der Waals surface area contributed by atoms with Gasteiger partial charge in [-0.25, -0.2) is 8.42 Å².